The van der Waals surface area contributed by atoms with Gasteiger partial charge in [0.1, 0.15) is 0 Å². The standard InChI is InChI=1S/C19H20N6O/c1-3-24(13-18-22-14(2)26-23-18)11-15-9-20-19-17(10-21-25(19)12-15)16-7-5-4-6-8-16/h4-10,12H,3,11,13H2,1-2H3. The zero-order valence-electron chi connectivity index (χ0n) is 14.8. The second-order valence-electron chi connectivity index (χ2n) is 6.19. The van der Waals surface area contributed by atoms with Crippen molar-refractivity contribution in [1.29, 1.82) is 0 Å². The summed E-state index contributed by atoms with van der Waals surface area (Å²) in [6, 6.07) is 10.2. The molecule has 0 spiro atoms. The van der Waals surface area contributed by atoms with Gasteiger partial charge in [0, 0.05) is 37.0 Å². The molecular formula is C19H20N6O. The molecule has 0 N–H and O–H groups in total. The molecule has 0 amide bonds. The van der Waals surface area contributed by atoms with Crippen molar-refractivity contribution in [2.24, 2.45) is 0 Å². The molecule has 7 nitrogen and oxygen atoms in total. The van der Waals surface area contributed by atoms with Crippen molar-refractivity contribution in [3.05, 3.63) is 66.2 Å². The normalized spacial score (nSPS) is 11.5. The van der Waals surface area contributed by atoms with Crippen molar-refractivity contribution in [3.8, 4) is 11.1 Å². The van der Waals surface area contributed by atoms with Gasteiger partial charge in [-0.15, -0.1) is 0 Å². The van der Waals surface area contributed by atoms with Crippen LogP contribution in [0.2, 0.25) is 0 Å². The number of hydrogen-bond acceptors (Lipinski definition) is 6. The summed E-state index contributed by atoms with van der Waals surface area (Å²) in [5.74, 6) is 1.29. The Morgan fingerprint density at radius 3 is 2.69 bits per heavy atom. The molecule has 0 bridgehead atoms. The van der Waals surface area contributed by atoms with Crippen LogP contribution < -0.4 is 0 Å². The van der Waals surface area contributed by atoms with Crippen LogP contribution in [-0.4, -0.2) is 36.2 Å². The van der Waals surface area contributed by atoms with E-state index in [1.165, 1.54) is 0 Å². The third-order valence-corrected chi connectivity index (χ3v) is 4.28. The maximum absolute atomic E-state index is 5.05. The second-order valence-corrected chi connectivity index (χ2v) is 6.19. The molecule has 0 aliphatic carbocycles. The van der Waals surface area contributed by atoms with Crippen LogP contribution in [0.5, 0.6) is 0 Å². The molecular weight excluding hydrogens is 328 g/mol. The van der Waals surface area contributed by atoms with E-state index in [4.69, 9.17) is 4.52 Å². The fourth-order valence-electron chi connectivity index (χ4n) is 2.96. The van der Waals surface area contributed by atoms with Gasteiger partial charge in [-0.05, 0) is 12.1 Å². The molecule has 0 aliphatic rings. The van der Waals surface area contributed by atoms with Crippen molar-refractivity contribution in [1.82, 2.24) is 29.6 Å². The molecule has 4 aromatic rings. The van der Waals surface area contributed by atoms with Crippen LogP contribution >= 0.6 is 0 Å². The largest absolute Gasteiger partial charge is 0.340 e. The van der Waals surface area contributed by atoms with Crippen LogP contribution in [0.4, 0.5) is 0 Å². The first kappa shape index (κ1) is 16.4. The van der Waals surface area contributed by atoms with Crippen LogP contribution in [0.25, 0.3) is 16.8 Å². The van der Waals surface area contributed by atoms with Gasteiger partial charge in [0.15, 0.2) is 11.5 Å². The Kier molecular flexibility index (Phi) is 4.45. The number of fused-ring (bicyclic) bond motifs is 1. The number of rotatable bonds is 6. The fraction of sp³-hybridized carbons (Fsp3) is 0.263. The molecule has 0 saturated carbocycles. The average Bonchev–Trinajstić information content (AvgIpc) is 3.27. The Morgan fingerprint density at radius 1 is 1.12 bits per heavy atom. The van der Waals surface area contributed by atoms with E-state index in [9.17, 15) is 0 Å². The lowest BCUT2D eigenvalue weighted by atomic mass is 10.1. The highest BCUT2D eigenvalue weighted by molar-refractivity contribution is 5.76. The molecule has 0 aliphatic heterocycles. The lowest BCUT2D eigenvalue weighted by Gasteiger charge is -2.18. The van der Waals surface area contributed by atoms with Gasteiger partial charge in [0.2, 0.25) is 5.89 Å². The predicted octanol–water partition coefficient (Wildman–Crippen LogP) is 3.11. The summed E-state index contributed by atoms with van der Waals surface area (Å²) in [5.41, 5.74) is 4.09. The smallest absolute Gasteiger partial charge is 0.223 e. The fourth-order valence-corrected chi connectivity index (χ4v) is 2.96. The highest BCUT2D eigenvalue weighted by Crippen LogP contribution is 2.23. The third-order valence-electron chi connectivity index (χ3n) is 4.28. The number of benzene rings is 1. The topological polar surface area (TPSA) is 72.4 Å². The molecule has 3 aromatic heterocycles. The van der Waals surface area contributed by atoms with Crippen LogP contribution in [0.15, 0.2) is 53.4 Å². The summed E-state index contributed by atoms with van der Waals surface area (Å²) in [6.07, 6.45) is 5.80. The Labute approximate surface area is 151 Å². The van der Waals surface area contributed by atoms with Gasteiger partial charge in [-0.2, -0.15) is 10.1 Å². The van der Waals surface area contributed by atoms with Crippen LogP contribution in [0, 0.1) is 6.92 Å². The Hall–Kier alpha value is -3.06. The molecule has 132 valence electrons. The first-order chi connectivity index (χ1) is 12.7. The van der Waals surface area contributed by atoms with E-state index in [0.717, 1.165) is 35.4 Å². The van der Waals surface area contributed by atoms with E-state index in [1.54, 1.807) is 6.92 Å². The molecule has 0 atom stereocenters. The summed E-state index contributed by atoms with van der Waals surface area (Å²) in [5, 5.41) is 8.44. The Morgan fingerprint density at radius 2 is 1.96 bits per heavy atom. The van der Waals surface area contributed by atoms with Crippen molar-refractivity contribution in [3.63, 3.8) is 0 Å². The maximum Gasteiger partial charge on any atom is 0.223 e. The molecule has 0 fully saturated rings. The molecule has 4 rings (SSSR count). The van der Waals surface area contributed by atoms with E-state index < -0.39 is 0 Å². The van der Waals surface area contributed by atoms with E-state index in [-0.39, 0.29) is 0 Å². The van der Waals surface area contributed by atoms with Gasteiger partial charge in [-0.3, -0.25) is 4.90 Å². The van der Waals surface area contributed by atoms with Gasteiger partial charge in [-0.1, -0.05) is 42.4 Å². The quantitative estimate of drug-likeness (QED) is 0.533. The van der Waals surface area contributed by atoms with E-state index in [0.29, 0.717) is 18.3 Å². The molecule has 0 unspecified atom stereocenters. The van der Waals surface area contributed by atoms with Crippen LogP contribution in [0.3, 0.4) is 0 Å². The van der Waals surface area contributed by atoms with Crippen LogP contribution in [0.1, 0.15) is 24.2 Å². The molecule has 26 heavy (non-hydrogen) atoms. The summed E-state index contributed by atoms with van der Waals surface area (Å²) in [7, 11) is 0. The van der Waals surface area contributed by atoms with Crippen LogP contribution in [-0.2, 0) is 13.1 Å². The monoisotopic (exact) mass is 348 g/mol. The Bertz CT molecular complexity index is 1010. The van der Waals surface area contributed by atoms with Crippen molar-refractivity contribution in [2.45, 2.75) is 26.9 Å². The summed E-state index contributed by atoms with van der Waals surface area (Å²) in [4.78, 5) is 11.1. The van der Waals surface area contributed by atoms with E-state index in [1.807, 2.05) is 41.3 Å². The van der Waals surface area contributed by atoms with Gasteiger partial charge < -0.3 is 4.52 Å². The van der Waals surface area contributed by atoms with E-state index >= 15 is 0 Å². The summed E-state index contributed by atoms with van der Waals surface area (Å²) < 4.78 is 6.89. The van der Waals surface area contributed by atoms with Gasteiger partial charge >= 0.3 is 0 Å². The third kappa shape index (κ3) is 3.34. The Balaban J connectivity index is 1.55. The number of aryl methyl sites for hydroxylation is 1. The predicted molar refractivity (Wildman–Crippen MR) is 97.2 cm³/mol. The number of nitrogens with zero attached hydrogens (tertiary/aromatic N) is 6. The average molecular weight is 348 g/mol. The highest BCUT2D eigenvalue weighted by atomic mass is 16.5. The number of aromatic nitrogens is 5. The second kappa shape index (κ2) is 7.05. The SMILES string of the molecule is CCN(Cc1cnc2c(-c3ccccc3)cnn2c1)Cc1noc(C)n1. The highest BCUT2D eigenvalue weighted by Gasteiger charge is 2.12. The lowest BCUT2D eigenvalue weighted by molar-refractivity contribution is 0.258. The maximum atomic E-state index is 5.05. The molecule has 7 heteroatoms. The van der Waals surface area contributed by atoms with Crippen molar-refractivity contribution < 1.29 is 4.52 Å². The molecule has 0 saturated heterocycles. The molecule has 0 radical (unpaired) electrons. The van der Waals surface area contributed by atoms with Gasteiger partial charge in [-0.25, -0.2) is 9.50 Å². The summed E-state index contributed by atoms with van der Waals surface area (Å²) >= 11 is 0. The van der Waals surface area contributed by atoms with E-state index in [2.05, 4.69) is 44.2 Å². The van der Waals surface area contributed by atoms with Crippen molar-refractivity contribution in [2.75, 3.05) is 6.54 Å². The first-order valence-electron chi connectivity index (χ1n) is 8.62. The van der Waals surface area contributed by atoms with Gasteiger partial charge in [0.05, 0.1) is 12.7 Å². The minimum atomic E-state index is 0.587. The lowest BCUT2D eigenvalue weighted by Crippen LogP contribution is -2.23. The molecule has 3 heterocycles. The zero-order valence-corrected chi connectivity index (χ0v) is 14.8. The summed E-state index contributed by atoms with van der Waals surface area (Å²) in [6.45, 7) is 6.17. The minimum absolute atomic E-state index is 0.587. The zero-order chi connectivity index (χ0) is 17.9. The number of hydrogen-bond donors (Lipinski definition) is 0. The van der Waals surface area contributed by atoms with Crippen molar-refractivity contribution >= 4 is 5.65 Å². The molecule has 1 aromatic carbocycles. The first-order valence-corrected chi connectivity index (χ1v) is 8.62. The van der Waals surface area contributed by atoms with Gasteiger partial charge in [0.25, 0.3) is 0 Å². The minimum Gasteiger partial charge on any atom is -0.340 e.